The molecule has 3 aliphatic rings. The fourth-order valence-electron chi connectivity index (χ4n) is 4.53. The number of nitrogens with two attached hydrogens (primary N) is 1. The molecule has 3 N–H and O–H groups in total. The van der Waals surface area contributed by atoms with Crippen LogP contribution in [0.5, 0.6) is 0 Å². The predicted octanol–water partition coefficient (Wildman–Crippen LogP) is 3.96. The van der Waals surface area contributed by atoms with E-state index in [1.807, 2.05) is 24.4 Å². The van der Waals surface area contributed by atoms with E-state index >= 15 is 0 Å². The molecule has 8 heteroatoms. The molecule has 170 valence electrons. The number of nitrogens with one attached hydrogen (secondary N) is 1. The number of morpholine rings is 1. The van der Waals surface area contributed by atoms with Crippen LogP contribution in [0.4, 0.5) is 40.2 Å². The van der Waals surface area contributed by atoms with E-state index in [-0.39, 0.29) is 0 Å². The van der Waals surface area contributed by atoms with Crippen LogP contribution in [0.15, 0.2) is 54.7 Å². The Labute approximate surface area is 194 Å². The van der Waals surface area contributed by atoms with Gasteiger partial charge in [-0.3, -0.25) is 0 Å². The van der Waals surface area contributed by atoms with E-state index in [4.69, 9.17) is 15.5 Å². The first kappa shape index (κ1) is 20.1. The molecule has 8 nitrogen and oxygen atoms in total. The first-order chi connectivity index (χ1) is 16.2. The number of aromatic nitrogens is 2. The van der Waals surface area contributed by atoms with Crippen LogP contribution in [-0.4, -0.2) is 49.5 Å². The Bertz CT molecular complexity index is 1130. The smallest absolute Gasteiger partial charge is 0.229 e. The highest BCUT2D eigenvalue weighted by molar-refractivity contribution is 5.80. The quantitative estimate of drug-likeness (QED) is 0.554. The minimum absolute atomic E-state index is 0.593. The van der Waals surface area contributed by atoms with E-state index in [0.29, 0.717) is 5.95 Å². The third kappa shape index (κ3) is 4.26. The minimum atomic E-state index is 0.593. The number of hydrogen-bond acceptors (Lipinski definition) is 8. The summed E-state index contributed by atoms with van der Waals surface area (Å²) in [5.41, 5.74) is 11.1. The number of benzene rings is 2. The van der Waals surface area contributed by atoms with Crippen molar-refractivity contribution in [3.8, 4) is 0 Å². The van der Waals surface area contributed by atoms with Crippen LogP contribution in [0.1, 0.15) is 12.8 Å². The minimum Gasteiger partial charge on any atom is -0.399 e. The first-order valence-electron chi connectivity index (χ1n) is 11.7. The zero-order valence-corrected chi connectivity index (χ0v) is 18.7. The van der Waals surface area contributed by atoms with Crippen LogP contribution in [0.3, 0.4) is 0 Å². The lowest BCUT2D eigenvalue weighted by molar-refractivity contribution is 0.122. The van der Waals surface area contributed by atoms with Gasteiger partial charge in [0.05, 0.1) is 26.1 Å². The highest BCUT2D eigenvalue weighted by Crippen LogP contribution is 2.42. The van der Waals surface area contributed by atoms with Crippen molar-refractivity contribution in [2.75, 3.05) is 65.3 Å². The summed E-state index contributed by atoms with van der Waals surface area (Å²) >= 11 is 0. The number of nitrogen functional groups attached to an aromatic ring is 1. The third-order valence-corrected chi connectivity index (χ3v) is 6.52. The third-order valence-electron chi connectivity index (χ3n) is 6.52. The Morgan fingerprint density at radius 3 is 2.61 bits per heavy atom. The highest BCUT2D eigenvalue weighted by atomic mass is 16.5. The molecule has 0 bridgehead atoms. The summed E-state index contributed by atoms with van der Waals surface area (Å²) in [7, 11) is 0. The molecule has 0 radical (unpaired) electrons. The Morgan fingerprint density at radius 1 is 1.03 bits per heavy atom. The number of fused-ring (bicyclic) bond motifs is 1. The van der Waals surface area contributed by atoms with E-state index in [2.05, 4.69) is 55.3 Å². The molecule has 1 aromatic heterocycles. The maximum atomic E-state index is 6.07. The van der Waals surface area contributed by atoms with Crippen molar-refractivity contribution in [1.82, 2.24) is 9.97 Å². The average Bonchev–Trinajstić information content (AvgIpc) is 3.60. The molecule has 1 saturated carbocycles. The maximum Gasteiger partial charge on any atom is 0.229 e. The van der Waals surface area contributed by atoms with Gasteiger partial charge in [0.15, 0.2) is 5.82 Å². The Morgan fingerprint density at radius 2 is 1.85 bits per heavy atom. The fraction of sp³-hybridized carbons (Fsp3) is 0.360. The van der Waals surface area contributed by atoms with Crippen LogP contribution in [-0.2, 0) is 4.74 Å². The fourth-order valence-corrected chi connectivity index (χ4v) is 4.53. The summed E-state index contributed by atoms with van der Waals surface area (Å²) in [5, 5.41) is 3.38. The molecule has 2 aromatic carbocycles. The number of hydrogen-bond donors (Lipinski definition) is 2. The number of nitrogens with zero attached hydrogens (tertiary/aromatic N) is 5. The second-order valence-electron chi connectivity index (χ2n) is 9.00. The molecule has 1 saturated heterocycles. The maximum absolute atomic E-state index is 6.07. The average molecular weight is 444 g/mol. The van der Waals surface area contributed by atoms with Crippen molar-refractivity contribution in [1.29, 1.82) is 0 Å². The lowest BCUT2D eigenvalue weighted by Gasteiger charge is -2.28. The van der Waals surface area contributed by atoms with Gasteiger partial charge in [-0.15, -0.1) is 0 Å². The molecule has 0 atom stereocenters. The van der Waals surface area contributed by atoms with Crippen LogP contribution >= 0.6 is 0 Å². The zero-order valence-electron chi connectivity index (χ0n) is 18.7. The van der Waals surface area contributed by atoms with Crippen LogP contribution < -0.4 is 25.8 Å². The molecule has 2 fully saturated rings. The van der Waals surface area contributed by atoms with Gasteiger partial charge in [0.2, 0.25) is 5.95 Å². The molecule has 2 aliphatic heterocycles. The highest BCUT2D eigenvalue weighted by Gasteiger charge is 2.33. The van der Waals surface area contributed by atoms with Gasteiger partial charge < -0.3 is 30.5 Å². The molecule has 6 rings (SSSR count). The number of anilines is 7. The van der Waals surface area contributed by atoms with Gasteiger partial charge in [0.25, 0.3) is 0 Å². The van der Waals surface area contributed by atoms with E-state index in [0.717, 1.165) is 74.0 Å². The van der Waals surface area contributed by atoms with Gasteiger partial charge in [-0.2, -0.15) is 4.98 Å². The summed E-state index contributed by atoms with van der Waals surface area (Å²) in [6.07, 6.45) is 4.57. The summed E-state index contributed by atoms with van der Waals surface area (Å²) < 4.78 is 5.45. The van der Waals surface area contributed by atoms with Gasteiger partial charge in [0.1, 0.15) is 5.69 Å². The van der Waals surface area contributed by atoms with Crippen molar-refractivity contribution in [2.45, 2.75) is 12.8 Å². The molecule has 3 heterocycles. The van der Waals surface area contributed by atoms with Gasteiger partial charge in [-0.1, -0.05) is 6.07 Å². The zero-order chi connectivity index (χ0) is 22.2. The normalized spacial score (nSPS) is 17.9. The molecule has 0 spiro atoms. The van der Waals surface area contributed by atoms with Crippen molar-refractivity contribution >= 4 is 40.2 Å². The Balaban J connectivity index is 1.25. The molecular weight excluding hydrogens is 414 g/mol. The SMILES string of the molecule is Nc1cccc(N2CN(CC3CC3)c3cnc(Nc4ccc(N5CCOCC5)cc4)nc32)c1. The number of ether oxygens (including phenoxy) is 1. The summed E-state index contributed by atoms with van der Waals surface area (Å²) in [6, 6.07) is 16.4. The van der Waals surface area contributed by atoms with Gasteiger partial charge in [-0.25, -0.2) is 4.98 Å². The largest absolute Gasteiger partial charge is 0.399 e. The van der Waals surface area contributed by atoms with Crippen LogP contribution in [0.25, 0.3) is 0 Å². The molecule has 0 unspecified atom stereocenters. The van der Waals surface area contributed by atoms with E-state index in [1.54, 1.807) is 0 Å². The van der Waals surface area contributed by atoms with Crippen molar-refractivity contribution < 1.29 is 4.74 Å². The number of rotatable bonds is 6. The van der Waals surface area contributed by atoms with Gasteiger partial charge >= 0.3 is 0 Å². The molecular formula is C25H29N7O. The van der Waals surface area contributed by atoms with Gasteiger partial charge in [0, 0.05) is 42.4 Å². The lowest BCUT2D eigenvalue weighted by Crippen LogP contribution is -2.36. The van der Waals surface area contributed by atoms with E-state index in [1.165, 1.54) is 18.5 Å². The second-order valence-corrected chi connectivity index (χ2v) is 9.00. The molecule has 33 heavy (non-hydrogen) atoms. The van der Waals surface area contributed by atoms with Crippen LogP contribution in [0.2, 0.25) is 0 Å². The molecule has 0 amide bonds. The topological polar surface area (TPSA) is 82.8 Å². The predicted molar refractivity (Wildman–Crippen MR) is 133 cm³/mol. The van der Waals surface area contributed by atoms with E-state index in [9.17, 15) is 0 Å². The lowest BCUT2D eigenvalue weighted by atomic mass is 10.2. The monoisotopic (exact) mass is 443 g/mol. The summed E-state index contributed by atoms with van der Waals surface area (Å²) in [6.45, 7) is 5.23. The molecule has 1 aliphatic carbocycles. The van der Waals surface area contributed by atoms with Crippen molar-refractivity contribution in [3.63, 3.8) is 0 Å². The van der Waals surface area contributed by atoms with Crippen LogP contribution in [0, 0.1) is 5.92 Å². The molecule has 3 aromatic rings. The van der Waals surface area contributed by atoms with Crippen molar-refractivity contribution in [3.05, 3.63) is 54.7 Å². The summed E-state index contributed by atoms with van der Waals surface area (Å²) in [5.74, 6) is 2.29. The standard InChI is InChI=1S/C25H29N7O/c26-19-2-1-3-22(14-19)32-17-31(16-18-4-5-18)23-15-27-25(29-24(23)32)28-20-6-8-21(9-7-20)30-10-12-33-13-11-30/h1-3,6-9,14-15,18H,4-5,10-13,16-17,26H2,(H,27,28,29). The first-order valence-corrected chi connectivity index (χ1v) is 11.7. The van der Waals surface area contributed by atoms with Crippen molar-refractivity contribution in [2.24, 2.45) is 5.92 Å². The Hall–Kier alpha value is -3.52. The Kier molecular flexibility index (Phi) is 5.14. The summed E-state index contributed by atoms with van der Waals surface area (Å²) in [4.78, 5) is 16.5. The van der Waals surface area contributed by atoms with E-state index < -0.39 is 0 Å². The second kappa shape index (κ2) is 8.44. The van der Waals surface area contributed by atoms with Gasteiger partial charge in [-0.05, 0) is 61.2 Å².